The minimum atomic E-state index is -0.210. The number of anilines is 2. The van der Waals surface area contributed by atoms with Crippen molar-refractivity contribution in [3.8, 4) is 11.5 Å². The van der Waals surface area contributed by atoms with Crippen molar-refractivity contribution >= 4 is 40.5 Å². The molecule has 2 N–H and O–H groups in total. The predicted octanol–water partition coefficient (Wildman–Crippen LogP) is 3.82. The van der Waals surface area contributed by atoms with Gasteiger partial charge in [0.05, 0.1) is 17.3 Å². The zero-order chi connectivity index (χ0) is 16.2. The summed E-state index contributed by atoms with van der Waals surface area (Å²) in [6.45, 7) is 1.09. The summed E-state index contributed by atoms with van der Waals surface area (Å²) in [6, 6.07) is 10.3. The maximum absolute atomic E-state index is 12.0. The first kappa shape index (κ1) is 15.8. The fourth-order valence-corrected chi connectivity index (χ4v) is 2.49. The first-order chi connectivity index (χ1) is 11.1. The zero-order valence-electron chi connectivity index (χ0n) is 12.1. The van der Waals surface area contributed by atoms with Crippen molar-refractivity contribution in [3.63, 3.8) is 0 Å². The maximum Gasteiger partial charge on any atom is 0.243 e. The Labute approximate surface area is 143 Å². The molecule has 0 atom stereocenters. The van der Waals surface area contributed by atoms with Gasteiger partial charge in [-0.1, -0.05) is 23.2 Å². The van der Waals surface area contributed by atoms with E-state index < -0.39 is 0 Å². The Balaban J connectivity index is 1.60. The number of carbonyl (C=O) groups is 1. The molecule has 1 aliphatic heterocycles. The molecule has 0 bridgehead atoms. The van der Waals surface area contributed by atoms with E-state index in [1.165, 1.54) is 0 Å². The Hall–Kier alpha value is -2.11. The first-order valence-electron chi connectivity index (χ1n) is 7.00. The van der Waals surface area contributed by atoms with Gasteiger partial charge < -0.3 is 20.1 Å². The van der Waals surface area contributed by atoms with Gasteiger partial charge in [0.1, 0.15) is 13.2 Å². The van der Waals surface area contributed by atoms with Crippen LogP contribution >= 0.6 is 23.2 Å². The van der Waals surface area contributed by atoms with Crippen LogP contribution in [0.15, 0.2) is 36.4 Å². The minimum absolute atomic E-state index is 0.0640. The molecule has 2 aromatic carbocycles. The van der Waals surface area contributed by atoms with Gasteiger partial charge in [0, 0.05) is 16.8 Å². The van der Waals surface area contributed by atoms with Gasteiger partial charge in [0.25, 0.3) is 0 Å². The summed E-state index contributed by atoms with van der Waals surface area (Å²) in [6.07, 6.45) is 0. The lowest BCUT2D eigenvalue weighted by Crippen LogP contribution is -2.22. The topological polar surface area (TPSA) is 59.6 Å². The number of nitrogens with one attached hydrogen (secondary N) is 2. The van der Waals surface area contributed by atoms with Gasteiger partial charge in [-0.25, -0.2) is 0 Å². The lowest BCUT2D eigenvalue weighted by Gasteiger charge is -2.19. The van der Waals surface area contributed by atoms with Crippen LogP contribution in [0.2, 0.25) is 10.0 Å². The molecule has 0 radical (unpaired) electrons. The molecule has 0 unspecified atom stereocenters. The summed E-state index contributed by atoms with van der Waals surface area (Å²) in [5, 5.41) is 6.78. The predicted molar refractivity (Wildman–Crippen MR) is 91.0 cm³/mol. The van der Waals surface area contributed by atoms with E-state index in [4.69, 9.17) is 32.7 Å². The fraction of sp³-hybridized carbons (Fsp3) is 0.188. The van der Waals surface area contributed by atoms with Crippen LogP contribution in [0.3, 0.4) is 0 Å². The van der Waals surface area contributed by atoms with Gasteiger partial charge >= 0.3 is 0 Å². The van der Waals surface area contributed by atoms with Crippen molar-refractivity contribution in [1.29, 1.82) is 0 Å². The van der Waals surface area contributed by atoms with Crippen molar-refractivity contribution < 1.29 is 14.3 Å². The van der Waals surface area contributed by atoms with Gasteiger partial charge in [-0.2, -0.15) is 0 Å². The van der Waals surface area contributed by atoms with Crippen LogP contribution < -0.4 is 20.1 Å². The monoisotopic (exact) mass is 352 g/mol. The van der Waals surface area contributed by atoms with Crippen LogP contribution in [0.1, 0.15) is 0 Å². The molecule has 23 heavy (non-hydrogen) atoms. The highest BCUT2D eigenvalue weighted by Crippen LogP contribution is 2.32. The molecule has 0 aromatic heterocycles. The SMILES string of the molecule is O=C(CNc1cc(Cl)ccc1Cl)Nc1ccc2c(c1)OCCO2. The van der Waals surface area contributed by atoms with E-state index in [1.54, 1.807) is 36.4 Å². The van der Waals surface area contributed by atoms with Crippen LogP contribution in [-0.4, -0.2) is 25.7 Å². The van der Waals surface area contributed by atoms with Crippen molar-refractivity contribution in [2.45, 2.75) is 0 Å². The van der Waals surface area contributed by atoms with E-state index in [-0.39, 0.29) is 12.5 Å². The van der Waals surface area contributed by atoms with E-state index in [0.29, 0.717) is 46.1 Å². The number of ether oxygens (including phenoxy) is 2. The van der Waals surface area contributed by atoms with Gasteiger partial charge in [0.15, 0.2) is 11.5 Å². The molecule has 1 amide bonds. The maximum atomic E-state index is 12.0. The van der Waals surface area contributed by atoms with Crippen molar-refractivity contribution in [1.82, 2.24) is 0 Å². The molecule has 1 aliphatic rings. The molecule has 1 heterocycles. The van der Waals surface area contributed by atoms with Crippen molar-refractivity contribution in [2.24, 2.45) is 0 Å². The van der Waals surface area contributed by atoms with Gasteiger partial charge in [-0.05, 0) is 30.3 Å². The summed E-state index contributed by atoms with van der Waals surface area (Å²) in [4.78, 5) is 12.0. The Morgan fingerprint density at radius 1 is 1.04 bits per heavy atom. The van der Waals surface area contributed by atoms with Crippen LogP contribution in [0, 0.1) is 0 Å². The standard InChI is InChI=1S/C16H14Cl2N2O3/c17-10-1-3-12(18)13(7-10)19-9-16(21)20-11-2-4-14-15(8-11)23-6-5-22-14/h1-4,7-8,19H,5-6,9H2,(H,20,21). The second kappa shape index (κ2) is 6.98. The van der Waals surface area contributed by atoms with E-state index in [0.717, 1.165) is 0 Å². The number of hydrogen-bond acceptors (Lipinski definition) is 4. The van der Waals surface area contributed by atoms with Gasteiger partial charge in [0.2, 0.25) is 5.91 Å². The average Bonchev–Trinajstić information content (AvgIpc) is 2.55. The number of benzene rings is 2. The summed E-state index contributed by atoms with van der Waals surface area (Å²) in [5.74, 6) is 1.09. The number of hydrogen-bond donors (Lipinski definition) is 2. The lowest BCUT2D eigenvalue weighted by molar-refractivity contribution is -0.114. The van der Waals surface area contributed by atoms with Gasteiger partial charge in [-0.3, -0.25) is 4.79 Å². The zero-order valence-corrected chi connectivity index (χ0v) is 13.6. The fourth-order valence-electron chi connectivity index (χ4n) is 2.13. The molecule has 0 aliphatic carbocycles. The van der Waals surface area contributed by atoms with Crippen LogP contribution in [0.5, 0.6) is 11.5 Å². The summed E-state index contributed by atoms with van der Waals surface area (Å²) in [7, 11) is 0. The number of rotatable bonds is 4. The lowest BCUT2D eigenvalue weighted by atomic mass is 10.2. The van der Waals surface area contributed by atoms with E-state index in [1.807, 2.05) is 0 Å². The van der Waals surface area contributed by atoms with E-state index in [2.05, 4.69) is 10.6 Å². The number of amides is 1. The second-order valence-corrected chi connectivity index (χ2v) is 5.73. The van der Waals surface area contributed by atoms with Crippen LogP contribution in [0.4, 0.5) is 11.4 Å². The highest BCUT2D eigenvalue weighted by molar-refractivity contribution is 6.35. The molecule has 120 valence electrons. The molecule has 5 nitrogen and oxygen atoms in total. The molecular formula is C16H14Cl2N2O3. The highest BCUT2D eigenvalue weighted by atomic mass is 35.5. The molecule has 0 saturated heterocycles. The van der Waals surface area contributed by atoms with Crippen LogP contribution in [0.25, 0.3) is 0 Å². The molecule has 3 rings (SSSR count). The van der Waals surface area contributed by atoms with E-state index >= 15 is 0 Å². The molecule has 2 aromatic rings. The Morgan fingerprint density at radius 2 is 1.83 bits per heavy atom. The Kier molecular flexibility index (Phi) is 4.79. The van der Waals surface area contributed by atoms with Gasteiger partial charge in [-0.15, -0.1) is 0 Å². The van der Waals surface area contributed by atoms with Crippen LogP contribution in [-0.2, 0) is 4.79 Å². The Bertz CT molecular complexity index is 737. The summed E-state index contributed by atoms with van der Waals surface area (Å²) >= 11 is 11.9. The first-order valence-corrected chi connectivity index (χ1v) is 7.76. The molecule has 0 fully saturated rings. The smallest absolute Gasteiger partial charge is 0.243 e. The largest absolute Gasteiger partial charge is 0.486 e. The summed E-state index contributed by atoms with van der Waals surface area (Å²) < 4.78 is 10.9. The van der Waals surface area contributed by atoms with E-state index in [9.17, 15) is 4.79 Å². The molecule has 7 heteroatoms. The normalized spacial score (nSPS) is 12.6. The number of carbonyl (C=O) groups excluding carboxylic acids is 1. The minimum Gasteiger partial charge on any atom is -0.486 e. The molecule has 0 saturated carbocycles. The Morgan fingerprint density at radius 3 is 2.65 bits per heavy atom. The van der Waals surface area contributed by atoms with Crippen molar-refractivity contribution in [2.75, 3.05) is 30.4 Å². The molecular weight excluding hydrogens is 339 g/mol. The quantitative estimate of drug-likeness (QED) is 0.878. The molecule has 0 spiro atoms. The third-order valence-corrected chi connectivity index (χ3v) is 3.76. The third kappa shape index (κ3) is 4.00. The third-order valence-electron chi connectivity index (χ3n) is 3.19. The highest BCUT2D eigenvalue weighted by Gasteiger charge is 2.13. The summed E-state index contributed by atoms with van der Waals surface area (Å²) in [5.41, 5.74) is 1.25. The van der Waals surface area contributed by atoms with Crippen molar-refractivity contribution in [3.05, 3.63) is 46.4 Å². The number of fused-ring (bicyclic) bond motifs is 1. The average molecular weight is 353 g/mol. The second-order valence-electron chi connectivity index (χ2n) is 4.88. The number of halogens is 2.